The summed E-state index contributed by atoms with van der Waals surface area (Å²) in [5.41, 5.74) is 1.25. The second kappa shape index (κ2) is 9.23. The molecule has 1 atom stereocenters. The van der Waals surface area contributed by atoms with Crippen LogP contribution in [-0.2, 0) is 4.79 Å². The number of hydrogen-bond donors (Lipinski definition) is 1. The maximum atomic E-state index is 12.1. The standard InChI is InChI=1S/C19H23NO3S/c1-14-4-10-18(11-5-14)24-13-12-20-19(21)15(2)23-17-8-6-16(22-3)7-9-17/h4-11,15H,12-13H2,1-3H3,(H,20,21)/t15-/m1/s1. The van der Waals surface area contributed by atoms with E-state index in [2.05, 4.69) is 36.5 Å². The van der Waals surface area contributed by atoms with Gasteiger partial charge in [-0.3, -0.25) is 4.79 Å². The van der Waals surface area contributed by atoms with E-state index in [0.717, 1.165) is 11.5 Å². The molecule has 128 valence electrons. The molecule has 5 heteroatoms. The number of aryl methyl sites for hydroxylation is 1. The van der Waals surface area contributed by atoms with E-state index in [-0.39, 0.29) is 5.91 Å². The van der Waals surface area contributed by atoms with Crippen molar-refractivity contribution in [2.45, 2.75) is 24.8 Å². The predicted molar refractivity (Wildman–Crippen MR) is 98.0 cm³/mol. The Hall–Kier alpha value is -2.14. The van der Waals surface area contributed by atoms with Gasteiger partial charge in [-0.1, -0.05) is 17.7 Å². The average Bonchev–Trinajstić information content (AvgIpc) is 2.60. The van der Waals surface area contributed by atoms with Crippen LogP contribution in [0.25, 0.3) is 0 Å². The van der Waals surface area contributed by atoms with Gasteiger partial charge in [-0.15, -0.1) is 11.8 Å². The summed E-state index contributed by atoms with van der Waals surface area (Å²) in [6.45, 7) is 4.42. The third kappa shape index (κ3) is 5.81. The third-order valence-electron chi connectivity index (χ3n) is 3.43. The van der Waals surface area contributed by atoms with Crippen LogP contribution in [0, 0.1) is 6.92 Å². The zero-order chi connectivity index (χ0) is 17.4. The molecule has 1 N–H and O–H groups in total. The summed E-state index contributed by atoms with van der Waals surface area (Å²) < 4.78 is 10.7. The first-order valence-electron chi connectivity index (χ1n) is 7.86. The van der Waals surface area contributed by atoms with E-state index in [0.29, 0.717) is 12.3 Å². The molecule has 0 radical (unpaired) electrons. The number of carbonyl (C=O) groups excluding carboxylic acids is 1. The van der Waals surface area contributed by atoms with Crippen molar-refractivity contribution >= 4 is 17.7 Å². The van der Waals surface area contributed by atoms with Gasteiger partial charge in [0.05, 0.1) is 7.11 Å². The molecule has 2 aromatic rings. The molecule has 0 aliphatic carbocycles. The molecule has 1 amide bonds. The fourth-order valence-corrected chi connectivity index (χ4v) is 2.80. The van der Waals surface area contributed by atoms with Crippen LogP contribution < -0.4 is 14.8 Å². The van der Waals surface area contributed by atoms with Crippen LogP contribution in [0.4, 0.5) is 0 Å². The van der Waals surface area contributed by atoms with Gasteiger partial charge in [-0.25, -0.2) is 0 Å². The first kappa shape index (κ1) is 18.2. The number of ether oxygens (including phenoxy) is 2. The van der Waals surface area contributed by atoms with Crippen LogP contribution in [0.3, 0.4) is 0 Å². The second-order valence-corrected chi connectivity index (χ2v) is 6.56. The van der Waals surface area contributed by atoms with Gasteiger partial charge in [0.1, 0.15) is 11.5 Å². The molecular formula is C19H23NO3S. The first-order chi connectivity index (χ1) is 11.6. The summed E-state index contributed by atoms with van der Waals surface area (Å²) in [6, 6.07) is 15.5. The molecule has 0 spiro atoms. The van der Waals surface area contributed by atoms with Crippen LogP contribution in [0.1, 0.15) is 12.5 Å². The van der Waals surface area contributed by atoms with Gasteiger partial charge in [-0.2, -0.15) is 0 Å². The number of carbonyl (C=O) groups is 1. The first-order valence-corrected chi connectivity index (χ1v) is 8.85. The van der Waals surface area contributed by atoms with E-state index in [1.165, 1.54) is 10.5 Å². The van der Waals surface area contributed by atoms with Crippen molar-refractivity contribution in [2.75, 3.05) is 19.4 Å². The Morgan fingerprint density at radius 1 is 1.08 bits per heavy atom. The summed E-state index contributed by atoms with van der Waals surface area (Å²) in [5.74, 6) is 2.11. The van der Waals surface area contributed by atoms with Gasteiger partial charge in [-0.05, 0) is 50.2 Å². The molecule has 0 saturated heterocycles. The molecule has 0 saturated carbocycles. The highest BCUT2D eigenvalue weighted by molar-refractivity contribution is 7.99. The zero-order valence-electron chi connectivity index (χ0n) is 14.2. The van der Waals surface area contributed by atoms with E-state index < -0.39 is 6.10 Å². The number of methoxy groups -OCH3 is 1. The van der Waals surface area contributed by atoms with Crippen LogP contribution in [0.15, 0.2) is 53.4 Å². The Labute approximate surface area is 147 Å². The molecule has 0 bridgehead atoms. The average molecular weight is 345 g/mol. The van der Waals surface area contributed by atoms with Crippen molar-refractivity contribution in [2.24, 2.45) is 0 Å². The normalized spacial score (nSPS) is 11.6. The summed E-state index contributed by atoms with van der Waals surface area (Å²) in [6.07, 6.45) is -0.539. The smallest absolute Gasteiger partial charge is 0.260 e. The maximum Gasteiger partial charge on any atom is 0.260 e. The molecule has 0 aromatic heterocycles. The van der Waals surface area contributed by atoms with Crippen LogP contribution in [-0.4, -0.2) is 31.4 Å². The topological polar surface area (TPSA) is 47.6 Å². The Morgan fingerprint density at radius 3 is 2.33 bits per heavy atom. The minimum absolute atomic E-state index is 0.115. The highest BCUT2D eigenvalue weighted by Gasteiger charge is 2.14. The lowest BCUT2D eigenvalue weighted by molar-refractivity contribution is -0.127. The summed E-state index contributed by atoms with van der Waals surface area (Å²) in [7, 11) is 1.61. The molecule has 2 aromatic carbocycles. The van der Waals surface area contributed by atoms with Crippen molar-refractivity contribution in [3.8, 4) is 11.5 Å². The minimum atomic E-state index is -0.539. The Bertz CT molecular complexity index is 641. The van der Waals surface area contributed by atoms with E-state index >= 15 is 0 Å². The number of amides is 1. The molecule has 0 fully saturated rings. The maximum absolute atomic E-state index is 12.1. The van der Waals surface area contributed by atoms with Crippen molar-refractivity contribution < 1.29 is 14.3 Å². The molecule has 0 aliphatic rings. The molecule has 0 unspecified atom stereocenters. The van der Waals surface area contributed by atoms with Gasteiger partial charge < -0.3 is 14.8 Å². The Kier molecular flexibility index (Phi) is 7.00. The van der Waals surface area contributed by atoms with E-state index in [1.54, 1.807) is 50.1 Å². The second-order valence-electron chi connectivity index (χ2n) is 5.39. The SMILES string of the molecule is COc1ccc(O[C@H](C)C(=O)NCCSc2ccc(C)cc2)cc1. The van der Waals surface area contributed by atoms with Crippen molar-refractivity contribution in [3.63, 3.8) is 0 Å². The monoisotopic (exact) mass is 345 g/mol. The zero-order valence-corrected chi connectivity index (χ0v) is 15.1. The molecular weight excluding hydrogens is 322 g/mol. The van der Waals surface area contributed by atoms with Crippen LogP contribution in [0.5, 0.6) is 11.5 Å². The van der Waals surface area contributed by atoms with E-state index in [1.807, 2.05) is 0 Å². The molecule has 4 nitrogen and oxygen atoms in total. The van der Waals surface area contributed by atoms with Crippen LogP contribution in [0.2, 0.25) is 0 Å². The molecule has 2 rings (SSSR count). The lowest BCUT2D eigenvalue weighted by Gasteiger charge is -2.15. The van der Waals surface area contributed by atoms with Crippen molar-refractivity contribution in [1.82, 2.24) is 5.32 Å². The number of hydrogen-bond acceptors (Lipinski definition) is 4. The number of rotatable bonds is 8. The largest absolute Gasteiger partial charge is 0.497 e. The van der Waals surface area contributed by atoms with E-state index in [4.69, 9.17) is 9.47 Å². The summed E-state index contributed by atoms with van der Waals surface area (Å²) in [4.78, 5) is 13.3. The predicted octanol–water partition coefficient (Wildman–Crippen LogP) is 3.68. The van der Waals surface area contributed by atoms with Crippen molar-refractivity contribution in [1.29, 1.82) is 0 Å². The lowest BCUT2D eigenvalue weighted by Crippen LogP contribution is -2.37. The van der Waals surface area contributed by atoms with Crippen molar-refractivity contribution in [3.05, 3.63) is 54.1 Å². The van der Waals surface area contributed by atoms with Crippen LogP contribution >= 0.6 is 11.8 Å². The quantitative estimate of drug-likeness (QED) is 0.586. The Balaban J connectivity index is 1.70. The summed E-state index contributed by atoms with van der Waals surface area (Å²) in [5, 5.41) is 2.90. The lowest BCUT2D eigenvalue weighted by atomic mass is 10.2. The van der Waals surface area contributed by atoms with Gasteiger partial charge in [0, 0.05) is 17.2 Å². The molecule has 24 heavy (non-hydrogen) atoms. The Morgan fingerprint density at radius 2 is 1.71 bits per heavy atom. The fraction of sp³-hybridized carbons (Fsp3) is 0.316. The number of benzene rings is 2. The third-order valence-corrected chi connectivity index (χ3v) is 4.45. The molecule has 0 aliphatic heterocycles. The van der Waals surface area contributed by atoms with Gasteiger partial charge in [0.2, 0.25) is 0 Å². The van der Waals surface area contributed by atoms with Gasteiger partial charge in [0.15, 0.2) is 6.10 Å². The summed E-state index contributed by atoms with van der Waals surface area (Å²) >= 11 is 1.72. The number of thioether (sulfide) groups is 1. The minimum Gasteiger partial charge on any atom is -0.497 e. The highest BCUT2D eigenvalue weighted by Crippen LogP contribution is 2.19. The highest BCUT2D eigenvalue weighted by atomic mass is 32.2. The number of nitrogens with one attached hydrogen (secondary N) is 1. The fourth-order valence-electron chi connectivity index (χ4n) is 2.03. The van der Waals surface area contributed by atoms with E-state index in [9.17, 15) is 4.79 Å². The van der Waals surface area contributed by atoms with Gasteiger partial charge in [0.25, 0.3) is 5.91 Å². The molecule has 0 heterocycles. The van der Waals surface area contributed by atoms with Gasteiger partial charge >= 0.3 is 0 Å².